The van der Waals surface area contributed by atoms with Gasteiger partial charge >= 0.3 is 0 Å². The molecule has 1 amide bonds. The van der Waals surface area contributed by atoms with E-state index >= 15 is 0 Å². The van der Waals surface area contributed by atoms with Gasteiger partial charge in [0.05, 0.1) is 139 Å². The molecule has 1 aliphatic rings. The molecule has 0 unspecified atom stereocenters. The van der Waals surface area contributed by atoms with Crippen LogP contribution in [0.2, 0.25) is 0 Å². The van der Waals surface area contributed by atoms with E-state index in [2.05, 4.69) is 106 Å². The number of fused-ring (bicyclic) bond motifs is 6. The first-order valence-corrected chi connectivity index (χ1v) is 33.1. The van der Waals surface area contributed by atoms with E-state index in [0.29, 0.717) is 125 Å². The van der Waals surface area contributed by atoms with Gasteiger partial charge in [-0.15, -0.1) is 68.0 Å². The van der Waals surface area contributed by atoms with E-state index in [-0.39, 0.29) is 5.91 Å². The van der Waals surface area contributed by atoms with Crippen LogP contribution in [0.15, 0.2) is 88.9 Å². The topological polar surface area (TPSA) is 161 Å². The molecule has 0 saturated heterocycles. The third-order valence-corrected chi connectivity index (χ3v) is 19.8. The number of benzene rings is 3. The van der Waals surface area contributed by atoms with Crippen LogP contribution in [0, 0.1) is 0 Å². The van der Waals surface area contributed by atoms with E-state index in [1.807, 2.05) is 37.5 Å². The maximum absolute atomic E-state index is 12.3. The van der Waals surface area contributed by atoms with Crippen molar-refractivity contribution in [3.8, 4) is 0 Å². The number of nitrogens with zero attached hydrogens (tertiary/aromatic N) is 4. The van der Waals surface area contributed by atoms with E-state index in [9.17, 15) is 9.59 Å². The van der Waals surface area contributed by atoms with Gasteiger partial charge in [-0.2, -0.15) is 0 Å². The molecule has 6 aromatic heterocycles. The Labute approximate surface area is 521 Å². The van der Waals surface area contributed by atoms with Crippen LogP contribution in [0.4, 0.5) is 15.0 Å². The first kappa shape index (κ1) is 65.9. The fourth-order valence-electron chi connectivity index (χ4n) is 8.56. The normalized spacial score (nSPS) is 13.0. The second-order valence-electron chi connectivity index (χ2n) is 19.4. The first-order valence-electron chi connectivity index (χ1n) is 28.1. The lowest BCUT2D eigenvalue weighted by molar-refractivity contribution is -0.121. The largest absolute Gasteiger partial charge is 0.382 e. The summed E-state index contributed by atoms with van der Waals surface area (Å²) in [6, 6.07) is 26.2. The number of hydrogen-bond acceptors (Lipinski definition) is 22. The third kappa shape index (κ3) is 20.0. The van der Waals surface area contributed by atoms with Crippen molar-refractivity contribution >= 4 is 168 Å². The van der Waals surface area contributed by atoms with Crippen LogP contribution in [-0.2, 0) is 52.2 Å². The molecule has 0 aliphatic carbocycles. The summed E-state index contributed by atoms with van der Waals surface area (Å²) in [6.07, 6.45) is 2.80. The molecule has 1 aliphatic heterocycles. The van der Waals surface area contributed by atoms with Crippen molar-refractivity contribution in [3.05, 3.63) is 93.6 Å². The Kier molecular flexibility index (Phi) is 27.2. The summed E-state index contributed by atoms with van der Waals surface area (Å²) in [4.78, 5) is 35.5. The number of methoxy groups -OCH3 is 2. The van der Waals surface area contributed by atoms with Crippen LogP contribution in [0.25, 0.3) is 66.6 Å². The summed E-state index contributed by atoms with van der Waals surface area (Å²) < 4.78 is 61.4. The van der Waals surface area contributed by atoms with Crippen LogP contribution >= 0.6 is 68.0 Å². The van der Waals surface area contributed by atoms with Crippen LogP contribution in [0.5, 0.6) is 0 Å². The molecule has 17 nitrogen and oxygen atoms in total. The molecule has 0 atom stereocenters. The molecule has 10 rings (SSSR count). The zero-order chi connectivity index (χ0) is 59.8. The smallest absolute Gasteiger partial charge is 0.277 e. The Hall–Kier alpha value is -5.03. The van der Waals surface area contributed by atoms with Crippen LogP contribution < -0.4 is 15.1 Å². The lowest BCUT2D eigenvalue weighted by atomic mass is 10.2. The number of nitrogens with one attached hydrogen (secondary N) is 1. The van der Waals surface area contributed by atoms with Crippen molar-refractivity contribution in [2.45, 2.75) is 6.92 Å². The van der Waals surface area contributed by atoms with Crippen molar-refractivity contribution in [3.63, 3.8) is 0 Å². The summed E-state index contributed by atoms with van der Waals surface area (Å²) in [5, 5.41) is 16.4. The van der Waals surface area contributed by atoms with Crippen molar-refractivity contribution in [2.75, 3.05) is 190 Å². The number of carbonyl (C=O) groups is 2. The van der Waals surface area contributed by atoms with Crippen LogP contribution in [0.1, 0.15) is 21.5 Å². The molecule has 0 spiro atoms. The number of rotatable bonds is 35. The quantitative estimate of drug-likeness (QED) is 0.0227. The average Bonchev–Trinajstić information content (AvgIpc) is 2.78. The van der Waals surface area contributed by atoms with Gasteiger partial charge in [-0.05, 0) is 123 Å². The number of anilines is 3. The summed E-state index contributed by atoms with van der Waals surface area (Å²) in [7, 11) is 11.2. The SMILES string of the molecule is CNc1cc2cc3sccc3cc2s1.COCCOCCOCCOCCOCCN(C)c1cc2cc3sc(/C=C4/N=C(C)N(C)C4=O)cc3cc2s1.COCCOCCOCCOCCOCCN(C)c1cc2cc3sc(C=O)cc3cc2s1. The second kappa shape index (κ2) is 35.1. The summed E-state index contributed by atoms with van der Waals surface area (Å²) in [5.74, 6) is 0.664. The number of likely N-dealkylation sites (N-methyl/N-ethyl adjacent to an activating group) is 3. The second-order valence-corrected chi connectivity index (χ2v) is 25.8. The zero-order valence-electron chi connectivity index (χ0n) is 49.4. The van der Waals surface area contributed by atoms with Gasteiger partial charge in [0.1, 0.15) is 11.5 Å². The lowest BCUT2D eigenvalue weighted by Gasteiger charge is -2.16. The Balaban J connectivity index is 0.000000182. The minimum Gasteiger partial charge on any atom is -0.382 e. The minimum atomic E-state index is -0.0590. The molecule has 458 valence electrons. The van der Waals surface area contributed by atoms with Gasteiger partial charge < -0.3 is 62.5 Å². The maximum atomic E-state index is 12.3. The van der Waals surface area contributed by atoms with E-state index in [0.717, 1.165) is 45.1 Å². The van der Waals surface area contributed by atoms with Crippen LogP contribution in [0.3, 0.4) is 0 Å². The molecule has 0 bridgehead atoms. The van der Waals surface area contributed by atoms with E-state index in [1.165, 1.54) is 76.8 Å². The van der Waals surface area contributed by atoms with Crippen molar-refractivity contribution < 1.29 is 57.0 Å². The first-order chi connectivity index (χ1) is 41.5. The number of amidine groups is 1. The number of ether oxygens (including phenoxy) is 10. The fraction of sp³-hybridized carbons (Fsp3) is 0.435. The van der Waals surface area contributed by atoms with Gasteiger partial charge in [-0.3, -0.25) is 14.5 Å². The van der Waals surface area contributed by atoms with Gasteiger partial charge in [0.2, 0.25) is 0 Å². The summed E-state index contributed by atoms with van der Waals surface area (Å²) in [5.41, 5.74) is 0.491. The molecule has 1 N–H and O–H groups in total. The number of amides is 1. The Morgan fingerprint density at radius 3 is 1.33 bits per heavy atom. The predicted molar refractivity (Wildman–Crippen MR) is 357 cm³/mol. The van der Waals surface area contributed by atoms with E-state index < -0.39 is 0 Å². The molecule has 3 aromatic carbocycles. The molecule has 0 saturated carbocycles. The van der Waals surface area contributed by atoms with Gasteiger partial charge in [0, 0.05) is 88.6 Å². The number of carbonyl (C=O) groups excluding carboxylic acids is 2. The Morgan fingerprint density at radius 2 is 0.882 bits per heavy atom. The van der Waals surface area contributed by atoms with Gasteiger partial charge in [0.15, 0.2) is 6.29 Å². The fourth-order valence-corrected chi connectivity index (χ4v) is 14.4. The standard InChI is InChI=1S/C28H37N3O6S2.C23H31NO6S2.C11H9NS2/c1-20-29-24(28(32)31(20)3)19-23-15-21-16-26-22(17-25(21)38-23)18-27(39-26)30(2)5-6-34-9-10-36-13-14-37-12-11-35-8-7-33-4;1-24(3-4-27-7-8-29-11-12-30-10-9-28-6-5-26-2)23-16-19-15-21-18(14-22(19)32-23)13-20(17-25)31-21;1-12-11-6-8-5-9-7(2-3-13-9)4-10(8)14-11/h15-19H,5-14H2,1-4H3;13-17H,3-12H2,1-2H3;2-6,12H,1H3/b24-19+;;. The molecule has 0 fully saturated rings. The maximum Gasteiger partial charge on any atom is 0.277 e. The Morgan fingerprint density at radius 1 is 0.494 bits per heavy atom. The van der Waals surface area contributed by atoms with Crippen molar-refractivity contribution in [2.24, 2.45) is 4.99 Å². The third-order valence-electron chi connectivity index (χ3n) is 13.3. The number of aldehydes is 1. The molecule has 0 radical (unpaired) electrons. The number of aliphatic imine (C=N–C) groups is 1. The highest BCUT2D eigenvalue weighted by molar-refractivity contribution is 7.24. The van der Waals surface area contributed by atoms with Crippen molar-refractivity contribution in [1.29, 1.82) is 0 Å². The number of hydrogen-bond donors (Lipinski definition) is 1. The predicted octanol–water partition coefficient (Wildman–Crippen LogP) is 12.7. The molecule has 7 heterocycles. The Bertz CT molecular complexity index is 3420. The molecule has 23 heteroatoms. The average molecular weight is 1280 g/mol. The number of thiophene rings is 6. The highest BCUT2D eigenvalue weighted by Crippen LogP contribution is 2.40. The van der Waals surface area contributed by atoms with Crippen LogP contribution in [-0.4, -0.2) is 197 Å². The lowest BCUT2D eigenvalue weighted by Crippen LogP contribution is -2.25. The summed E-state index contributed by atoms with van der Waals surface area (Å²) in [6.45, 7) is 13.8. The highest BCUT2D eigenvalue weighted by atomic mass is 32.1. The molecule has 85 heavy (non-hydrogen) atoms. The van der Waals surface area contributed by atoms with Gasteiger partial charge in [0.25, 0.3) is 5.91 Å². The van der Waals surface area contributed by atoms with E-state index in [4.69, 9.17) is 47.4 Å². The zero-order valence-corrected chi connectivity index (χ0v) is 54.3. The minimum absolute atomic E-state index is 0.0590. The molecular formula is C62H77N5O12S6. The molecule has 9 aromatic rings. The van der Waals surface area contributed by atoms with Gasteiger partial charge in [-0.1, -0.05) is 0 Å². The summed E-state index contributed by atoms with van der Waals surface area (Å²) >= 11 is 10.4. The van der Waals surface area contributed by atoms with Crippen molar-refractivity contribution in [1.82, 2.24) is 4.90 Å². The van der Waals surface area contributed by atoms with Gasteiger partial charge in [-0.25, -0.2) is 4.99 Å². The molecular weight excluding hydrogens is 1200 g/mol. The monoisotopic (exact) mass is 1280 g/mol. The highest BCUT2D eigenvalue weighted by Gasteiger charge is 2.24. The van der Waals surface area contributed by atoms with E-state index in [1.54, 1.807) is 71.5 Å².